The molecule has 96 valence electrons. The third-order valence-electron chi connectivity index (χ3n) is 3.03. The maximum atomic E-state index is 4.39. The van der Waals surface area contributed by atoms with Crippen LogP contribution in [-0.4, -0.2) is 26.8 Å². The molecule has 0 bridgehead atoms. The normalized spacial score (nSPS) is 10.4. The lowest BCUT2D eigenvalue weighted by atomic mass is 10.2. The van der Waals surface area contributed by atoms with Gasteiger partial charge in [0.05, 0.1) is 5.69 Å². The van der Waals surface area contributed by atoms with E-state index in [9.17, 15) is 0 Å². The molecule has 0 unspecified atom stereocenters. The highest BCUT2D eigenvalue weighted by molar-refractivity contribution is 5.46. The maximum Gasteiger partial charge on any atom is 0.131 e. The van der Waals surface area contributed by atoms with Gasteiger partial charge < -0.3 is 10.6 Å². The van der Waals surface area contributed by atoms with Crippen LogP contribution in [0.3, 0.4) is 0 Å². The Balaban J connectivity index is 2.11. The molecule has 0 amide bonds. The van der Waals surface area contributed by atoms with E-state index in [1.165, 1.54) is 17.6 Å². The van der Waals surface area contributed by atoms with Crippen molar-refractivity contribution in [3.8, 4) is 0 Å². The van der Waals surface area contributed by atoms with Crippen LogP contribution in [0.25, 0.3) is 0 Å². The van der Waals surface area contributed by atoms with E-state index >= 15 is 0 Å². The van der Waals surface area contributed by atoms with Crippen LogP contribution in [0, 0.1) is 13.8 Å². The number of hydrogen-bond acceptors (Lipinski definition) is 5. The molecule has 18 heavy (non-hydrogen) atoms. The Kier molecular flexibility index (Phi) is 3.45. The molecule has 0 aliphatic carbocycles. The quantitative estimate of drug-likeness (QED) is 0.855. The lowest BCUT2D eigenvalue weighted by molar-refractivity contribution is 0.730. The van der Waals surface area contributed by atoms with Crippen LogP contribution in [0.5, 0.6) is 0 Å². The van der Waals surface area contributed by atoms with E-state index in [4.69, 9.17) is 0 Å². The number of aromatic nitrogens is 4. The fourth-order valence-electron chi connectivity index (χ4n) is 1.84. The highest BCUT2D eigenvalue weighted by Gasteiger charge is 2.09. The molecule has 0 saturated carbocycles. The van der Waals surface area contributed by atoms with Crippen LogP contribution in [0.2, 0.25) is 0 Å². The van der Waals surface area contributed by atoms with Gasteiger partial charge in [0.1, 0.15) is 18.0 Å². The molecule has 0 spiro atoms. The topological polar surface area (TPSA) is 67.7 Å². The highest BCUT2D eigenvalue weighted by atomic mass is 15.3. The van der Waals surface area contributed by atoms with Crippen LogP contribution in [-0.2, 0) is 13.6 Å². The van der Waals surface area contributed by atoms with Gasteiger partial charge in [-0.25, -0.2) is 9.97 Å². The van der Waals surface area contributed by atoms with Crippen molar-refractivity contribution in [2.24, 2.45) is 7.05 Å². The summed E-state index contributed by atoms with van der Waals surface area (Å²) in [6.07, 6.45) is 1.54. The summed E-state index contributed by atoms with van der Waals surface area (Å²) < 4.78 is 1.89. The second-order valence-electron chi connectivity index (χ2n) is 4.17. The predicted molar refractivity (Wildman–Crippen MR) is 71.6 cm³/mol. The molecular weight excluding hydrogens is 228 g/mol. The van der Waals surface area contributed by atoms with E-state index in [1.54, 1.807) is 0 Å². The molecule has 0 atom stereocenters. The van der Waals surface area contributed by atoms with Gasteiger partial charge in [0.25, 0.3) is 0 Å². The molecule has 0 saturated heterocycles. The first-order chi connectivity index (χ1) is 8.61. The first-order valence-electron chi connectivity index (χ1n) is 5.84. The molecule has 2 heterocycles. The van der Waals surface area contributed by atoms with Crippen molar-refractivity contribution in [1.82, 2.24) is 19.7 Å². The Labute approximate surface area is 106 Å². The second-order valence-corrected chi connectivity index (χ2v) is 4.17. The molecule has 0 aliphatic heterocycles. The lowest BCUT2D eigenvalue weighted by Gasteiger charge is -2.07. The fraction of sp³-hybridized carbons (Fsp3) is 0.417. The predicted octanol–water partition coefficient (Wildman–Crippen LogP) is 1.48. The molecule has 0 aromatic carbocycles. The first-order valence-corrected chi connectivity index (χ1v) is 5.84. The number of hydrogen-bond donors (Lipinski definition) is 2. The maximum absolute atomic E-state index is 4.39. The largest absolute Gasteiger partial charge is 0.373 e. The standard InChI is InChI=1S/C12H18N6/c1-8-10(9(2)18(4)17-8)6-14-12-5-11(13-3)15-7-16-12/h5,7H,6H2,1-4H3,(H2,13,14,15,16). The third kappa shape index (κ3) is 2.42. The Bertz CT molecular complexity index is 545. The van der Waals surface area contributed by atoms with E-state index in [0.717, 1.165) is 17.3 Å². The minimum Gasteiger partial charge on any atom is -0.373 e. The zero-order valence-electron chi connectivity index (χ0n) is 11.2. The highest BCUT2D eigenvalue weighted by Crippen LogP contribution is 2.14. The molecular formula is C12H18N6. The van der Waals surface area contributed by atoms with E-state index in [-0.39, 0.29) is 0 Å². The first kappa shape index (κ1) is 12.3. The summed E-state index contributed by atoms with van der Waals surface area (Å²) in [4.78, 5) is 8.25. The lowest BCUT2D eigenvalue weighted by Crippen LogP contribution is -2.05. The second kappa shape index (κ2) is 5.03. The zero-order chi connectivity index (χ0) is 13.1. The molecule has 2 aromatic rings. The number of rotatable bonds is 4. The summed E-state index contributed by atoms with van der Waals surface area (Å²) in [5.41, 5.74) is 3.43. The van der Waals surface area contributed by atoms with Crippen LogP contribution < -0.4 is 10.6 Å². The third-order valence-corrected chi connectivity index (χ3v) is 3.03. The van der Waals surface area contributed by atoms with Gasteiger partial charge in [0.2, 0.25) is 0 Å². The van der Waals surface area contributed by atoms with Gasteiger partial charge in [-0.05, 0) is 13.8 Å². The number of nitrogens with one attached hydrogen (secondary N) is 2. The molecule has 6 nitrogen and oxygen atoms in total. The summed E-state index contributed by atoms with van der Waals surface area (Å²) in [5.74, 6) is 1.60. The molecule has 2 N–H and O–H groups in total. The van der Waals surface area contributed by atoms with Crippen LogP contribution >= 0.6 is 0 Å². The number of anilines is 2. The SMILES string of the molecule is CNc1cc(NCc2c(C)nn(C)c2C)ncn1. The van der Waals surface area contributed by atoms with Crippen molar-refractivity contribution in [2.45, 2.75) is 20.4 Å². The molecule has 2 aromatic heterocycles. The van der Waals surface area contributed by atoms with E-state index < -0.39 is 0 Å². The Hall–Kier alpha value is -2.11. The zero-order valence-corrected chi connectivity index (χ0v) is 11.2. The average molecular weight is 246 g/mol. The Morgan fingerprint density at radius 1 is 1.22 bits per heavy atom. The smallest absolute Gasteiger partial charge is 0.131 e. The Morgan fingerprint density at radius 3 is 2.56 bits per heavy atom. The van der Waals surface area contributed by atoms with Crippen molar-refractivity contribution < 1.29 is 0 Å². The molecule has 2 rings (SSSR count). The van der Waals surface area contributed by atoms with Gasteiger partial charge in [0, 0.05) is 38.0 Å². The molecule has 0 fully saturated rings. The molecule has 6 heteroatoms. The van der Waals surface area contributed by atoms with Gasteiger partial charge in [-0.1, -0.05) is 0 Å². The minimum absolute atomic E-state index is 0.714. The van der Waals surface area contributed by atoms with Crippen molar-refractivity contribution in [3.63, 3.8) is 0 Å². The molecule has 0 radical (unpaired) electrons. The van der Waals surface area contributed by atoms with Crippen LogP contribution in [0.4, 0.5) is 11.6 Å². The fourth-order valence-corrected chi connectivity index (χ4v) is 1.84. The summed E-state index contributed by atoms with van der Waals surface area (Å²) in [6, 6.07) is 1.88. The van der Waals surface area contributed by atoms with Gasteiger partial charge in [0.15, 0.2) is 0 Å². The summed E-state index contributed by atoms with van der Waals surface area (Å²) in [5, 5.41) is 10.7. The van der Waals surface area contributed by atoms with Gasteiger partial charge >= 0.3 is 0 Å². The van der Waals surface area contributed by atoms with Gasteiger partial charge in [-0.15, -0.1) is 0 Å². The number of aryl methyl sites for hydroxylation is 2. The minimum atomic E-state index is 0.714. The van der Waals surface area contributed by atoms with Crippen molar-refractivity contribution in [1.29, 1.82) is 0 Å². The van der Waals surface area contributed by atoms with Crippen molar-refractivity contribution in [3.05, 3.63) is 29.3 Å². The van der Waals surface area contributed by atoms with Crippen molar-refractivity contribution in [2.75, 3.05) is 17.7 Å². The summed E-state index contributed by atoms with van der Waals surface area (Å²) in [7, 11) is 3.79. The van der Waals surface area contributed by atoms with Crippen LogP contribution in [0.1, 0.15) is 17.0 Å². The average Bonchev–Trinajstić information content (AvgIpc) is 2.61. The monoisotopic (exact) mass is 246 g/mol. The van der Waals surface area contributed by atoms with Gasteiger partial charge in [-0.3, -0.25) is 4.68 Å². The summed E-state index contributed by atoms with van der Waals surface area (Å²) in [6.45, 7) is 4.80. The van der Waals surface area contributed by atoms with E-state index in [2.05, 4.69) is 32.6 Å². The van der Waals surface area contributed by atoms with Gasteiger partial charge in [-0.2, -0.15) is 5.10 Å². The number of nitrogens with zero attached hydrogens (tertiary/aromatic N) is 4. The van der Waals surface area contributed by atoms with E-state index in [0.29, 0.717) is 6.54 Å². The van der Waals surface area contributed by atoms with Crippen molar-refractivity contribution >= 4 is 11.6 Å². The Morgan fingerprint density at radius 2 is 1.94 bits per heavy atom. The molecule has 0 aliphatic rings. The van der Waals surface area contributed by atoms with Crippen LogP contribution in [0.15, 0.2) is 12.4 Å². The summed E-state index contributed by atoms with van der Waals surface area (Å²) >= 11 is 0. The van der Waals surface area contributed by atoms with E-state index in [1.807, 2.05) is 31.8 Å².